The van der Waals surface area contributed by atoms with Gasteiger partial charge in [-0.3, -0.25) is 13.9 Å². The summed E-state index contributed by atoms with van der Waals surface area (Å²) in [6.45, 7) is 0.639. The summed E-state index contributed by atoms with van der Waals surface area (Å²) in [4.78, 5) is 28.3. The Morgan fingerprint density at radius 1 is 1.09 bits per heavy atom. The summed E-state index contributed by atoms with van der Waals surface area (Å²) in [6.07, 6.45) is 1.63. The molecular weight excluding hydrogens is 280 g/mol. The third-order valence-electron chi connectivity index (χ3n) is 3.63. The van der Waals surface area contributed by atoms with E-state index in [1.54, 1.807) is 19.3 Å². The molecule has 3 aromatic rings. The highest BCUT2D eigenvalue weighted by molar-refractivity contribution is 5.77. The molecule has 2 heterocycles. The molecule has 0 amide bonds. The topological polar surface area (TPSA) is 68.9 Å². The van der Waals surface area contributed by atoms with Gasteiger partial charge in [-0.05, 0) is 11.6 Å². The predicted octanol–water partition coefficient (Wildman–Crippen LogP) is 1.24. The Hall–Kier alpha value is -2.89. The molecule has 112 valence electrons. The van der Waals surface area contributed by atoms with Gasteiger partial charge in [-0.1, -0.05) is 30.3 Å². The van der Waals surface area contributed by atoms with Crippen molar-refractivity contribution in [2.75, 3.05) is 5.32 Å². The lowest BCUT2D eigenvalue weighted by Crippen LogP contribution is -2.37. The summed E-state index contributed by atoms with van der Waals surface area (Å²) in [5.41, 5.74) is 1.55. The van der Waals surface area contributed by atoms with Gasteiger partial charge in [0.05, 0.1) is 17.3 Å². The van der Waals surface area contributed by atoms with Crippen LogP contribution in [0.2, 0.25) is 0 Å². The van der Waals surface area contributed by atoms with Gasteiger partial charge in [0, 0.05) is 20.6 Å². The van der Waals surface area contributed by atoms with E-state index in [0.717, 1.165) is 15.8 Å². The molecule has 0 spiro atoms. The lowest BCUT2D eigenvalue weighted by atomic mass is 10.2. The Morgan fingerprint density at radius 2 is 1.82 bits per heavy atom. The van der Waals surface area contributed by atoms with E-state index >= 15 is 0 Å². The van der Waals surface area contributed by atoms with Crippen molar-refractivity contribution in [2.45, 2.75) is 6.54 Å². The smallest absolute Gasteiger partial charge is 0.332 e. The third-order valence-corrected chi connectivity index (χ3v) is 3.63. The zero-order valence-electron chi connectivity index (χ0n) is 12.4. The zero-order valence-corrected chi connectivity index (χ0v) is 12.4. The number of rotatable bonds is 3. The van der Waals surface area contributed by atoms with Crippen molar-refractivity contribution in [1.82, 2.24) is 14.1 Å². The zero-order chi connectivity index (χ0) is 15.7. The molecule has 0 aliphatic heterocycles. The largest absolute Gasteiger partial charge is 0.380 e. The molecule has 1 N–H and O–H groups in total. The molecule has 0 aliphatic rings. The molecule has 0 saturated carbocycles. The van der Waals surface area contributed by atoms with Crippen molar-refractivity contribution in [1.29, 1.82) is 0 Å². The Kier molecular flexibility index (Phi) is 3.50. The minimum absolute atomic E-state index is 0.339. The van der Waals surface area contributed by atoms with Crippen molar-refractivity contribution in [2.24, 2.45) is 14.1 Å². The normalized spacial score (nSPS) is 10.8. The van der Waals surface area contributed by atoms with Crippen LogP contribution >= 0.6 is 0 Å². The van der Waals surface area contributed by atoms with Crippen LogP contribution in [0.4, 0.5) is 5.69 Å². The number of fused-ring (bicyclic) bond motifs is 1. The van der Waals surface area contributed by atoms with Crippen LogP contribution in [0.25, 0.3) is 11.0 Å². The van der Waals surface area contributed by atoms with E-state index in [1.807, 2.05) is 30.3 Å². The molecule has 1 aromatic carbocycles. The van der Waals surface area contributed by atoms with Gasteiger partial charge in [-0.25, -0.2) is 9.78 Å². The van der Waals surface area contributed by atoms with E-state index in [9.17, 15) is 9.59 Å². The van der Waals surface area contributed by atoms with Crippen molar-refractivity contribution < 1.29 is 0 Å². The molecule has 2 aromatic heterocycles. The SMILES string of the molecule is Cn1c(=O)c2cc(NCc3ccccc3)cnc2n(C)c1=O. The van der Waals surface area contributed by atoms with Gasteiger partial charge in [0.25, 0.3) is 5.56 Å². The van der Waals surface area contributed by atoms with Crippen molar-refractivity contribution in [3.05, 3.63) is 69.0 Å². The molecule has 22 heavy (non-hydrogen) atoms. The van der Waals surface area contributed by atoms with Gasteiger partial charge < -0.3 is 5.32 Å². The molecule has 6 nitrogen and oxygen atoms in total. The van der Waals surface area contributed by atoms with Crippen LogP contribution in [0.3, 0.4) is 0 Å². The molecule has 0 atom stereocenters. The number of hydrogen-bond donors (Lipinski definition) is 1. The van der Waals surface area contributed by atoms with E-state index in [0.29, 0.717) is 17.6 Å². The average Bonchev–Trinajstić information content (AvgIpc) is 2.57. The summed E-state index contributed by atoms with van der Waals surface area (Å²) < 4.78 is 2.46. The quantitative estimate of drug-likeness (QED) is 0.789. The molecule has 0 aliphatic carbocycles. The molecule has 3 rings (SSSR count). The maximum absolute atomic E-state index is 12.2. The molecule has 0 fully saturated rings. The highest BCUT2D eigenvalue weighted by Gasteiger charge is 2.10. The second kappa shape index (κ2) is 5.48. The lowest BCUT2D eigenvalue weighted by Gasteiger charge is -2.09. The minimum atomic E-state index is -0.380. The number of nitrogens with one attached hydrogen (secondary N) is 1. The summed E-state index contributed by atoms with van der Waals surface area (Å²) in [6, 6.07) is 11.7. The number of anilines is 1. The standard InChI is InChI=1S/C16H16N4O2/c1-19-14-13(15(21)20(2)16(19)22)8-12(10-18-14)17-9-11-6-4-3-5-7-11/h3-8,10,17H,9H2,1-2H3. The Morgan fingerprint density at radius 3 is 2.55 bits per heavy atom. The highest BCUT2D eigenvalue weighted by Crippen LogP contribution is 2.13. The molecule has 0 radical (unpaired) electrons. The number of benzene rings is 1. The summed E-state index contributed by atoms with van der Waals surface area (Å²) in [5, 5.41) is 3.65. The van der Waals surface area contributed by atoms with Gasteiger partial charge >= 0.3 is 5.69 Å². The van der Waals surface area contributed by atoms with E-state index in [2.05, 4.69) is 10.3 Å². The van der Waals surface area contributed by atoms with Gasteiger partial charge in [0.2, 0.25) is 0 Å². The fourth-order valence-electron chi connectivity index (χ4n) is 2.36. The van der Waals surface area contributed by atoms with E-state index in [1.165, 1.54) is 11.6 Å². The van der Waals surface area contributed by atoms with Crippen LogP contribution < -0.4 is 16.6 Å². The molecule has 6 heteroatoms. The van der Waals surface area contributed by atoms with Crippen molar-refractivity contribution >= 4 is 16.7 Å². The first-order valence-electron chi connectivity index (χ1n) is 6.91. The Balaban J connectivity index is 2.00. The summed E-state index contributed by atoms with van der Waals surface area (Å²) in [7, 11) is 3.07. The van der Waals surface area contributed by atoms with Gasteiger partial charge in [0.15, 0.2) is 0 Å². The molecule has 0 saturated heterocycles. The highest BCUT2D eigenvalue weighted by atomic mass is 16.2. The number of nitrogens with zero attached hydrogens (tertiary/aromatic N) is 3. The Bertz CT molecular complexity index is 942. The first-order chi connectivity index (χ1) is 10.6. The molecule has 0 unspecified atom stereocenters. The predicted molar refractivity (Wildman–Crippen MR) is 86.0 cm³/mol. The van der Waals surface area contributed by atoms with E-state index < -0.39 is 0 Å². The molecule has 0 bridgehead atoms. The van der Waals surface area contributed by atoms with Crippen LogP contribution in [0.1, 0.15) is 5.56 Å². The monoisotopic (exact) mass is 296 g/mol. The number of hydrogen-bond acceptors (Lipinski definition) is 4. The van der Waals surface area contributed by atoms with Crippen molar-refractivity contribution in [3.63, 3.8) is 0 Å². The summed E-state index contributed by atoms with van der Waals surface area (Å²) in [5.74, 6) is 0. The molecular formula is C16H16N4O2. The van der Waals surface area contributed by atoms with E-state index in [-0.39, 0.29) is 11.2 Å². The fourth-order valence-corrected chi connectivity index (χ4v) is 2.36. The van der Waals surface area contributed by atoms with Crippen LogP contribution in [0, 0.1) is 0 Å². The minimum Gasteiger partial charge on any atom is -0.380 e. The lowest BCUT2D eigenvalue weighted by molar-refractivity contribution is 0.707. The van der Waals surface area contributed by atoms with Gasteiger partial charge in [-0.2, -0.15) is 0 Å². The van der Waals surface area contributed by atoms with Crippen LogP contribution in [0.15, 0.2) is 52.2 Å². The first kappa shape index (κ1) is 14.1. The first-order valence-corrected chi connectivity index (χ1v) is 6.91. The van der Waals surface area contributed by atoms with E-state index in [4.69, 9.17) is 0 Å². The third kappa shape index (κ3) is 2.39. The van der Waals surface area contributed by atoms with Gasteiger partial charge in [-0.15, -0.1) is 0 Å². The summed E-state index contributed by atoms with van der Waals surface area (Å²) >= 11 is 0. The Labute approximate surface area is 126 Å². The van der Waals surface area contributed by atoms with Crippen LogP contribution in [-0.2, 0) is 20.6 Å². The second-order valence-electron chi connectivity index (χ2n) is 5.14. The van der Waals surface area contributed by atoms with Gasteiger partial charge in [0.1, 0.15) is 5.65 Å². The number of aryl methyl sites for hydroxylation is 1. The van der Waals surface area contributed by atoms with Crippen molar-refractivity contribution in [3.8, 4) is 0 Å². The maximum Gasteiger partial charge on any atom is 0.332 e. The maximum atomic E-state index is 12.2. The van der Waals surface area contributed by atoms with Crippen LogP contribution in [-0.4, -0.2) is 14.1 Å². The number of aromatic nitrogens is 3. The number of pyridine rings is 1. The average molecular weight is 296 g/mol. The fraction of sp³-hybridized carbons (Fsp3) is 0.188. The second-order valence-corrected chi connectivity index (χ2v) is 5.14. The van der Waals surface area contributed by atoms with Crippen LogP contribution in [0.5, 0.6) is 0 Å².